The highest BCUT2D eigenvalue weighted by Crippen LogP contribution is 2.25. The number of ether oxygens (including phenoxy) is 1. The molecule has 0 spiro atoms. The fourth-order valence-corrected chi connectivity index (χ4v) is 1.96. The van der Waals surface area contributed by atoms with Crippen molar-refractivity contribution in [2.24, 2.45) is 11.7 Å². The summed E-state index contributed by atoms with van der Waals surface area (Å²) in [5, 5.41) is 9.29. The molecule has 0 amide bonds. The van der Waals surface area contributed by atoms with Gasteiger partial charge in [-0.2, -0.15) is 0 Å². The van der Waals surface area contributed by atoms with Crippen LogP contribution in [0.15, 0.2) is 24.3 Å². The Morgan fingerprint density at radius 1 is 1.50 bits per heavy atom. The Bertz CT molecular complexity index is 398. The van der Waals surface area contributed by atoms with Crippen LogP contribution in [0, 0.1) is 5.92 Å². The van der Waals surface area contributed by atoms with E-state index in [1.54, 1.807) is 12.1 Å². The second-order valence-corrected chi connectivity index (χ2v) is 4.70. The van der Waals surface area contributed by atoms with E-state index < -0.39 is 5.97 Å². The first-order valence-electron chi connectivity index (χ1n) is 5.86. The highest BCUT2D eigenvalue weighted by molar-refractivity contribution is 6.32. The van der Waals surface area contributed by atoms with Gasteiger partial charge < -0.3 is 15.6 Å². The Labute approximate surface area is 112 Å². The predicted molar refractivity (Wildman–Crippen MR) is 71.0 cm³/mol. The van der Waals surface area contributed by atoms with Crippen molar-refractivity contribution in [2.75, 3.05) is 6.54 Å². The molecule has 0 aliphatic rings. The molecule has 0 aliphatic carbocycles. The van der Waals surface area contributed by atoms with Gasteiger partial charge in [-0.3, -0.25) is 4.79 Å². The molecule has 0 bridgehead atoms. The SMILES string of the molecule is C[C@@H](C[C@H](CN)CC(=O)O)Oc1ccccc1Cl. The summed E-state index contributed by atoms with van der Waals surface area (Å²) < 4.78 is 5.68. The molecule has 4 nitrogen and oxygen atoms in total. The van der Waals surface area contributed by atoms with Gasteiger partial charge in [0.1, 0.15) is 5.75 Å². The minimum Gasteiger partial charge on any atom is -0.489 e. The van der Waals surface area contributed by atoms with Gasteiger partial charge in [0.25, 0.3) is 0 Å². The van der Waals surface area contributed by atoms with E-state index >= 15 is 0 Å². The van der Waals surface area contributed by atoms with Crippen molar-refractivity contribution in [3.8, 4) is 5.75 Å². The molecule has 1 aromatic rings. The molecule has 0 aromatic heterocycles. The van der Waals surface area contributed by atoms with E-state index in [1.165, 1.54) is 0 Å². The highest BCUT2D eigenvalue weighted by atomic mass is 35.5. The van der Waals surface area contributed by atoms with E-state index in [2.05, 4.69) is 0 Å². The molecule has 0 fully saturated rings. The summed E-state index contributed by atoms with van der Waals surface area (Å²) in [5.41, 5.74) is 5.55. The normalized spacial score (nSPS) is 13.9. The second-order valence-electron chi connectivity index (χ2n) is 4.29. The van der Waals surface area contributed by atoms with Gasteiger partial charge >= 0.3 is 5.97 Å². The van der Waals surface area contributed by atoms with Crippen LogP contribution >= 0.6 is 11.6 Å². The van der Waals surface area contributed by atoms with Gasteiger partial charge in [-0.15, -0.1) is 0 Å². The van der Waals surface area contributed by atoms with Gasteiger partial charge in [0.2, 0.25) is 0 Å². The van der Waals surface area contributed by atoms with E-state index in [0.717, 1.165) is 0 Å². The molecule has 0 heterocycles. The summed E-state index contributed by atoms with van der Waals surface area (Å²) in [5.74, 6) is -0.312. The van der Waals surface area contributed by atoms with Crippen LogP contribution in [0.25, 0.3) is 0 Å². The summed E-state index contributed by atoms with van der Waals surface area (Å²) in [6, 6.07) is 7.20. The van der Waals surface area contributed by atoms with E-state index in [0.29, 0.717) is 23.7 Å². The largest absolute Gasteiger partial charge is 0.489 e. The number of carbonyl (C=O) groups is 1. The number of carboxylic acids is 1. The molecule has 100 valence electrons. The first kappa shape index (κ1) is 14.8. The maximum Gasteiger partial charge on any atom is 0.303 e. The summed E-state index contributed by atoms with van der Waals surface area (Å²) in [6.45, 7) is 2.22. The number of para-hydroxylation sites is 1. The second kappa shape index (κ2) is 7.24. The van der Waals surface area contributed by atoms with Crippen LogP contribution in [-0.4, -0.2) is 23.7 Å². The van der Waals surface area contributed by atoms with E-state index in [-0.39, 0.29) is 18.4 Å². The Morgan fingerprint density at radius 2 is 2.17 bits per heavy atom. The topological polar surface area (TPSA) is 72.6 Å². The fraction of sp³-hybridized carbons (Fsp3) is 0.462. The Morgan fingerprint density at radius 3 is 2.72 bits per heavy atom. The van der Waals surface area contributed by atoms with Crippen molar-refractivity contribution < 1.29 is 14.6 Å². The lowest BCUT2D eigenvalue weighted by molar-refractivity contribution is -0.138. The molecule has 0 radical (unpaired) electrons. The lowest BCUT2D eigenvalue weighted by Crippen LogP contribution is -2.25. The minimum atomic E-state index is -0.838. The zero-order valence-corrected chi connectivity index (χ0v) is 11.1. The Kier molecular flexibility index (Phi) is 5.95. The maximum atomic E-state index is 10.6. The van der Waals surface area contributed by atoms with Crippen molar-refractivity contribution in [1.82, 2.24) is 0 Å². The van der Waals surface area contributed by atoms with Crippen LogP contribution in [-0.2, 0) is 4.79 Å². The Hall–Kier alpha value is -1.26. The number of carboxylic acid groups (broad SMARTS) is 1. The number of hydrogen-bond acceptors (Lipinski definition) is 3. The van der Waals surface area contributed by atoms with Gasteiger partial charge in [0, 0.05) is 6.42 Å². The number of hydrogen-bond donors (Lipinski definition) is 2. The quantitative estimate of drug-likeness (QED) is 0.799. The van der Waals surface area contributed by atoms with Crippen molar-refractivity contribution in [3.05, 3.63) is 29.3 Å². The third-order valence-corrected chi connectivity index (χ3v) is 2.94. The molecular weight excluding hydrogens is 254 g/mol. The van der Waals surface area contributed by atoms with Gasteiger partial charge in [0.15, 0.2) is 0 Å². The van der Waals surface area contributed by atoms with E-state index in [9.17, 15) is 4.79 Å². The molecule has 0 unspecified atom stereocenters. The number of benzene rings is 1. The van der Waals surface area contributed by atoms with Crippen molar-refractivity contribution in [1.29, 1.82) is 0 Å². The van der Waals surface area contributed by atoms with Crippen LogP contribution < -0.4 is 10.5 Å². The molecule has 2 atom stereocenters. The summed E-state index contributed by atoms with van der Waals surface area (Å²) >= 11 is 5.98. The third-order valence-electron chi connectivity index (χ3n) is 2.63. The first-order chi connectivity index (χ1) is 8.52. The monoisotopic (exact) mass is 271 g/mol. The molecule has 5 heteroatoms. The minimum absolute atomic E-state index is 0.0622. The number of nitrogens with two attached hydrogens (primary N) is 1. The van der Waals surface area contributed by atoms with Crippen molar-refractivity contribution in [3.63, 3.8) is 0 Å². The Balaban J connectivity index is 2.52. The lowest BCUT2D eigenvalue weighted by atomic mass is 9.99. The number of halogens is 1. The van der Waals surface area contributed by atoms with Crippen LogP contribution in [0.5, 0.6) is 5.75 Å². The zero-order chi connectivity index (χ0) is 13.5. The van der Waals surface area contributed by atoms with Gasteiger partial charge in [0.05, 0.1) is 11.1 Å². The summed E-state index contributed by atoms with van der Waals surface area (Å²) in [6.07, 6.45) is 0.526. The standard InChI is InChI=1S/C13H18ClNO3/c1-9(6-10(8-15)7-13(16)17)18-12-5-3-2-4-11(12)14/h2-5,9-10H,6-8,15H2,1H3,(H,16,17)/t9-,10-/m0/s1. The van der Waals surface area contributed by atoms with Gasteiger partial charge in [-0.05, 0) is 37.9 Å². The maximum absolute atomic E-state index is 10.6. The molecule has 1 aromatic carbocycles. The molecule has 1 rings (SSSR count). The molecule has 0 saturated carbocycles. The average Bonchev–Trinajstić information content (AvgIpc) is 2.30. The molecule has 0 aliphatic heterocycles. The smallest absolute Gasteiger partial charge is 0.303 e. The summed E-state index contributed by atoms with van der Waals surface area (Å²) in [7, 11) is 0. The molecule has 3 N–H and O–H groups in total. The van der Waals surface area contributed by atoms with E-state index in [4.69, 9.17) is 27.2 Å². The number of aliphatic carboxylic acids is 1. The molecule has 18 heavy (non-hydrogen) atoms. The molecule has 0 saturated heterocycles. The van der Waals surface area contributed by atoms with Crippen molar-refractivity contribution >= 4 is 17.6 Å². The van der Waals surface area contributed by atoms with Gasteiger partial charge in [-0.1, -0.05) is 23.7 Å². The fourth-order valence-electron chi connectivity index (χ4n) is 1.78. The highest BCUT2D eigenvalue weighted by Gasteiger charge is 2.16. The van der Waals surface area contributed by atoms with Crippen LogP contribution in [0.4, 0.5) is 0 Å². The third kappa shape index (κ3) is 4.94. The average molecular weight is 272 g/mol. The van der Waals surface area contributed by atoms with E-state index in [1.807, 2.05) is 19.1 Å². The van der Waals surface area contributed by atoms with Crippen LogP contribution in [0.3, 0.4) is 0 Å². The summed E-state index contributed by atoms with van der Waals surface area (Å²) in [4.78, 5) is 10.6. The van der Waals surface area contributed by atoms with Crippen LogP contribution in [0.1, 0.15) is 19.8 Å². The van der Waals surface area contributed by atoms with Crippen molar-refractivity contribution in [2.45, 2.75) is 25.9 Å². The van der Waals surface area contributed by atoms with Gasteiger partial charge in [-0.25, -0.2) is 0 Å². The predicted octanol–water partition coefficient (Wildman–Crippen LogP) is 2.55. The lowest BCUT2D eigenvalue weighted by Gasteiger charge is -2.20. The van der Waals surface area contributed by atoms with Crippen LogP contribution in [0.2, 0.25) is 5.02 Å². The first-order valence-corrected chi connectivity index (χ1v) is 6.23. The number of rotatable bonds is 7. The zero-order valence-electron chi connectivity index (χ0n) is 10.3. The molecular formula is C13H18ClNO3.